The molecule has 4 aliphatic rings. The van der Waals surface area contributed by atoms with Crippen LogP contribution in [0, 0.1) is 11.3 Å². The summed E-state index contributed by atoms with van der Waals surface area (Å²) in [5.41, 5.74) is -0.481. The number of rotatable bonds is 10. The summed E-state index contributed by atoms with van der Waals surface area (Å²) in [7, 11) is 0. The van der Waals surface area contributed by atoms with E-state index < -0.39 is 101 Å². The largest absolute Gasteiger partial charge is 0.504 e. The molecule has 49 heavy (non-hydrogen) atoms. The van der Waals surface area contributed by atoms with Crippen molar-refractivity contribution in [2.75, 3.05) is 12.3 Å². The molecule has 0 bridgehead atoms. The monoisotopic (exact) mass is 701 g/mol. The maximum atomic E-state index is 13.6. The van der Waals surface area contributed by atoms with E-state index in [4.69, 9.17) is 20.1 Å². The van der Waals surface area contributed by atoms with Crippen LogP contribution in [0.25, 0.3) is 0 Å². The van der Waals surface area contributed by atoms with E-state index in [-0.39, 0.29) is 45.3 Å². The first-order chi connectivity index (χ1) is 22.9. The first-order valence-electron chi connectivity index (χ1n) is 14.5. The number of ketones is 1. The molecule has 1 aliphatic carbocycles. The van der Waals surface area contributed by atoms with Gasteiger partial charge in [0.2, 0.25) is 5.60 Å². The zero-order valence-electron chi connectivity index (χ0n) is 25.6. The minimum atomic E-state index is -2.87. The average molecular weight is 702 g/mol. The molecule has 4 heterocycles. The number of hydrogen-bond donors (Lipinski definition) is 5. The molecule has 3 aliphatic heterocycles. The number of oxime groups is 1. The third-order valence-electron chi connectivity index (χ3n) is 8.64. The molecule has 1 aromatic heterocycles. The summed E-state index contributed by atoms with van der Waals surface area (Å²) in [6.45, 7) is 3.09. The van der Waals surface area contributed by atoms with Crippen LogP contribution in [-0.2, 0) is 38.4 Å². The summed E-state index contributed by atoms with van der Waals surface area (Å²) in [4.78, 5) is 106. The molecule has 1 unspecified atom stereocenters. The minimum Gasteiger partial charge on any atom is -0.504 e. The molecule has 1 aromatic carbocycles. The fourth-order valence-electron chi connectivity index (χ4n) is 6.46. The van der Waals surface area contributed by atoms with Crippen LogP contribution in [0.15, 0.2) is 22.7 Å². The predicted octanol–water partition coefficient (Wildman–Crippen LogP) is 0.242. The number of phenols is 2. The fourth-order valence-corrected chi connectivity index (χ4v) is 7.01. The number of carbonyl (C=O) groups excluding carboxylic acids is 5. The van der Waals surface area contributed by atoms with Gasteiger partial charge in [-0.05, 0) is 17.5 Å². The lowest BCUT2D eigenvalue weighted by molar-refractivity contribution is -0.256. The maximum absolute atomic E-state index is 13.6. The Balaban J connectivity index is 1.22. The second kappa shape index (κ2) is 11.2. The number of Topliss-reactive ketones (excluding diaryl/α,β-unsaturated/α-hetero) is 1. The number of thiazole rings is 1. The van der Waals surface area contributed by atoms with Crippen LogP contribution in [-0.4, -0.2) is 106 Å². The third kappa shape index (κ3) is 5.28. The topological polar surface area (TPSA) is 286 Å². The van der Waals surface area contributed by atoms with Crippen LogP contribution in [0.2, 0.25) is 0 Å². The van der Waals surface area contributed by atoms with Crippen molar-refractivity contribution in [3.63, 3.8) is 0 Å². The number of carboxylic acid groups (broad SMARTS) is 2. The second-order valence-corrected chi connectivity index (χ2v) is 13.7. The summed E-state index contributed by atoms with van der Waals surface area (Å²) < 4.78 is 5.13. The smallest absolute Gasteiger partial charge is 0.372 e. The van der Waals surface area contributed by atoms with Crippen molar-refractivity contribution in [2.45, 2.75) is 56.9 Å². The highest BCUT2D eigenvalue weighted by Crippen LogP contribution is 2.50. The minimum absolute atomic E-state index is 0.0485. The third-order valence-corrected chi connectivity index (χ3v) is 9.32. The molecule has 3 amide bonds. The number of ether oxygens (including phenoxy) is 1. The molecule has 3 atom stereocenters. The number of nitrogens with two attached hydrogens (primary N) is 1. The highest BCUT2D eigenvalue weighted by Gasteiger charge is 2.65. The molecule has 0 radical (unpaired) electrons. The normalized spacial score (nSPS) is 25.6. The van der Waals surface area contributed by atoms with Crippen LogP contribution in [0.3, 0.4) is 0 Å². The van der Waals surface area contributed by atoms with E-state index in [1.807, 2.05) is 13.8 Å². The Bertz CT molecular complexity index is 1860. The second-order valence-electron chi connectivity index (χ2n) is 12.8. The van der Waals surface area contributed by atoms with Crippen LogP contribution in [0.5, 0.6) is 11.5 Å². The number of fused-ring (bicyclic) bond motifs is 1. The van der Waals surface area contributed by atoms with Crippen LogP contribution in [0.1, 0.15) is 65.9 Å². The molecule has 258 valence electrons. The quantitative estimate of drug-likeness (QED) is 0.0729. The first kappa shape index (κ1) is 33.3. The number of hydrogen-bond acceptors (Lipinski definition) is 16. The number of cyclic esters (lactones) is 1. The van der Waals surface area contributed by atoms with Gasteiger partial charge in [-0.2, -0.15) is 5.06 Å². The van der Waals surface area contributed by atoms with E-state index >= 15 is 0 Å². The Hall–Kier alpha value is -5.63. The van der Waals surface area contributed by atoms with Crippen LogP contribution >= 0.6 is 11.3 Å². The number of benzene rings is 1. The number of anilines is 1. The van der Waals surface area contributed by atoms with Crippen molar-refractivity contribution in [2.24, 2.45) is 16.5 Å². The summed E-state index contributed by atoms with van der Waals surface area (Å²) in [5.74, 6) is -11.5. The lowest BCUT2D eigenvalue weighted by Crippen LogP contribution is -2.56. The SMILES string of the molecule is CC1(C)CC(O/N=C(\C(=O)C[C@H]2CON(C3(C(=O)O)C[C@H](N4C(=O)c5cc(O)c(O)cc5C4=O)C(=O)O3)C2=O)c2csc(N)n2)(C(=O)O)C1. The highest BCUT2D eigenvalue weighted by atomic mass is 32.1. The molecule has 6 N–H and O–H groups in total. The molecular weight excluding hydrogens is 674 g/mol. The average Bonchev–Trinajstić information content (AvgIpc) is 3.74. The van der Waals surface area contributed by atoms with E-state index in [1.165, 1.54) is 5.38 Å². The Morgan fingerprint density at radius 2 is 1.67 bits per heavy atom. The molecule has 2 aromatic rings. The number of hydroxylamine groups is 2. The van der Waals surface area contributed by atoms with Gasteiger partial charge in [-0.1, -0.05) is 19.0 Å². The van der Waals surface area contributed by atoms with Crippen molar-refractivity contribution in [1.29, 1.82) is 0 Å². The van der Waals surface area contributed by atoms with Gasteiger partial charge in [0.05, 0.1) is 30.1 Å². The highest BCUT2D eigenvalue weighted by molar-refractivity contribution is 7.13. The molecular formula is C29H27N5O14S. The molecule has 6 rings (SSSR count). The number of nitrogen functional groups attached to an aromatic ring is 1. The number of phenolic OH excluding ortho intramolecular Hbond substituents is 2. The Morgan fingerprint density at radius 3 is 2.18 bits per heavy atom. The van der Waals surface area contributed by atoms with Crippen molar-refractivity contribution in [1.82, 2.24) is 14.9 Å². The standard InChI is InChI=1S/C29H27N5O14S/c1-27(2)9-28(10-27,24(42)43)48-32-19(14-8-49-26(30)31-14)18(37)3-11-7-46-34(20(11)38)29(25(44)45)6-15(23(41)47-29)33-21(39)12-4-16(35)17(36)5-13(12)22(33)40/h4-5,8,11,15,35-36H,3,6-7,9-10H2,1-2H3,(H2,30,31)(H,42,43)(H,44,45)/b32-19-/t11-,15-,29?/m0/s1. The molecule has 1 saturated carbocycles. The van der Waals surface area contributed by atoms with Gasteiger partial charge in [-0.15, -0.1) is 11.3 Å². The number of esters is 1. The fraction of sp³-hybridized carbons (Fsp3) is 0.414. The van der Waals surface area contributed by atoms with Gasteiger partial charge in [0, 0.05) is 24.6 Å². The van der Waals surface area contributed by atoms with Crippen molar-refractivity contribution in [3.05, 3.63) is 34.3 Å². The van der Waals surface area contributed by atoms with Gasteiger partial charge in [0.15, 0.2) is 28.1 Å². The number of imide groups is 1. The van der Waals surface area contributed by atoms with E-state index in [1.54, 1.807) is 0 Å². The summed E-state index contributed by atoms with van der Waals surface area (Å²) >= 11 is 0.952. The van der Waals surface area contributed by atoms with Gasteiger partial charge in [0.1, 0.15) is 11.7 Å². The van der Waals surface area contributed by atoms with Gasteiger partial charge >= 0.3 is 23.6 Å². The Morgan fingerprint density at radius 1 is 1.06 bits per heavy atom. The van der Waals surface area contributed by atoms with Crippen molar-refractivity contribution >= 4 is 63.6 Å². The van der Waals surface area contributed by atoms with Gasteiger partial charge < -0.3 is 35.7 Å². The number of aromatic hydroxyl groups is 2. The molecule has 0 spiro atoms. The van der Waals surface area contributed by atoms with Crippen molar-refractivity contribution in [3.8, 4) is 11.5 Å². The number of aliphatic carboxylic acids is 2. The molecule has 19 nitrogen and oxygen atoms in total. The van der Waals surface area contributed by atoms with Crippen molar-refractivity contribution < 1.29 is 68.4 Å². The lowest BCUT2D eigenvalue weighted by atomic mass is 9.61. The molecule has 3 fully saturated rings. The van der Waals surface area contributed by atoms with E-state index in [0.29, 0.717) is 4.90 Å². The lowest BCUT2D eigenvalue weighted by Gasteiger charge is -2.47. The van der Waals surface area contributed by atoms with Crippen LogP contribution < -0.4 is 5.73 Å². The molecule has 20 heteroatoms. The Labute approximate surface area is 278 Å². The number of nitrogens with zero attached hydrogens (tertiary/aromatic N) is 4. The zero-order valence-corrected chi connectivity index (χ0v) is 26.4. The van der Waals surface area contributed by atoms with E-state index in [2.05, 4.69) is 10.1 Å². The summed E-state index contributed by atoms with van der Waals surface area (Å²) in [6, 6.07) is -0.253. The van der Waals surface area contributed by atoms with E-state index in [9.17, 15) is 54.0 Å². The van der Waals surface area contributed by atoms with Gasteiger partial charge in [-0.3, -0.25) is 28.9 Å². The Kier molecular flexibility index (Phi) is 7.62. The first-order valence-corrected chi connectivity index (χ1v) is 15.4. The van der Waals surface area contributed by atoms with E-state index in [0.717, 1.165) is 23.5 Å². The van der Waals surface area contributed by atoms with Crippen LogP contribution in [0.4, 0.5) is 5.13 Å². The zero-order chi connectivity index (χ0) is 35.8. The summed E-state index contributed by atoms with van der Waals surface area (Å²) in [6.07, 6.45) is -1.46. The number of aromatic nitrogens is 1. The van der Waals surface area contributed by atoms with Gasteiger partial charge in [-0.25, -0.2) is 19.4 Å². The number of carbonyl (C=O) groups is 7. The number of carboxylic acids is 2. The summed E-state index contributed by atoms with van der Waals surface area (Å²) in [5, 5.41) is 45.1. The predicted molar refractivity (Wildman–Crippen MR) is 159 cm³/mol. The maximum Gasteiger partial charge on any atom is 0.372 e. The molecule has 2 saturated heterocycles. The van der Waals surface area contributed by atoms with Gasteiger partial charge in [0.25, 0.3) is 17.7 Å². The number of amides is 3.